The molecule has 6 heteroatoms. The first-order chi connectivity index (χ1) is 38.5. The first kappa shape index (κ1) is 75.9. The number of allylic oxidation sites excluding steroid dienone is 4. The van der Waals surface area contributed by atoms with Gasteiger partial charge in [-0.3, -0.25) is 14.4 Å². The minimum atomic E-state index is -0.772. The van der Waals surface area contributed by atoms with E-state index in [2.05, 4.69) is 45.1 Å². The molecule has 0 rings (SSSR count). The summed E-state index contributed by atoms with van der Waals surface area (Å²) in [7, 11) is 0. The predicted octanol–water partition coefficient (Wildman–Crippen LogP) is 24.2. The molecule has 0 heterocycles. The van der Waals surface area contributed by atoms with Gasteiger partial charge < -0.3 is 14.2 Å². The Morgan fingerprint density at radius 1 is 0.256 bits per heavy atom. The lowest BCUT2D eigenvalue weighted by atomic mass is 10.0. The smallest absolute Gasteiger partial charge is 0.306 e. The van der Waals surface area contributed by atoms with Crippen molar-refractivity contribution in [3.05, 3.63) is 24.3 Å². The molecule has 1 unspecified atom stereocenters. The third kappa shape index (κ3) is 64.7. The average Bonchev–Trinajstić information content (AvgIpc) is 3.44. The van der Waals surface area contributed by atoms with Gasteiger partial charge in [0.05, 0.1) is 0 Å². The van der Waals surface area contributed by atoms with E-state index in [1.165, 1.54) is 289 Å². The zero-order valence-corrected chi connectivity index (χ0v) is 53.0. The molecule has 0 aromatic heterocycles. The molecule has 0 spiro atoms. The van der Waals surface area contributed by atoms with Crippen molar-refractivity contribution >= 4 is 17.9 Å². The third-order valence-electron chi connectivity index (χ3n) is 16.2. The van der Waals surface area contributed by atoms with Gasteiger partial charge in [-0.25, -0.2) is 0 Å². The highest BCUT2D eigenvalue weighted by Crippen LogP contribution is 2.19. The molecule has 0 aromatic rings. The minimum absolute atomic E-state index is 0.0682. The molecule has 0 aromatic carbocycles. The molecule has 0 N–H and O–H groups in total. The van der Waals surface area contributed by atoms with Crippen molar-refractivity contribution in [2.24, 2.45) is 0 Å². The summed E-state index contributed by atoms with van der Waals surface area (Å²) in [5.74, 6) is -0.844. The highest BCUT2D eigenvalue weighted by molar-refractivity contribution is 5.71. The van der Waals surface area contributed by atoms with Gasteiger partial charge in [0.25, 0.3) is 0 Å². The van der Waals surface area contributed by atoms with Crippen LogP contribution in [0.2, 0.25) is 0 Å². The lowest BCUT2D eigenvalue weighted by molar-refractivity contribution is -0.167. The van der Waals surface area contributed by atoms with Gasteiger partial charge >= 0.3 is 17.9 Å². The van der Waals surface area contributed by atoms with Crippen LogP contribution in [0.1, 0.15) is 400 Å². The Bertz CT molecular complexity index is 1260. The van der Waals surface area contributed by atoms with Crippen LogP contribution in [0.25, 0.3) is 0 Å². The molecule has 0 saturated carbocycles. The summed E-state index contributed by atoms with van der Waals surface area (Å²) in [6, 6.07) is 0. The van der Waals surface area contributed by atoms with Gasteiger partial charge in [-0.15, -0.1) is 0 Å². The van der Waals surface area contributed by atoms with Gasteiger partial charge in [-0.1, -0.05) is 353 Å². The van der Waals surface area contributed by atoms with Crippen LogP contribution in [0, 0.1) is 0 Å². The summed E-state index contributed by atoms with van der Waals surface area (Å²) in [5, 5.41) is 0. The molecule has 0 aliphatic rings. The molecule has 460 valence electrons. The van der Waals surface area contributed by atoms with Crippen LogP contribution in [0.15, 0.2) is 24.3 Å². The molecule has 0 aliphatic carbocycles. The maximum absolute atomic E-state index is 12.9. The van der Waals surface area contributed by atoms with Crippen LogP contribution in [0.5, 0.6) is 0 Å². The molecule has 0 saturated heterocycles. The molecular weight excluding hydrogens is 961 g/mol. The highest BCUT2D eigenvalue weighted by Gasteiger charge is 2.19. The Labute approximate surface area is 487 Å². The van der Waals surface area contributed by atoms with Crippen molar-refractivity contribution in [3.63, 3.8) is 0 Å². The van der Waals surface area contributed by atoms with Crippen LogP contribution < -0.4 is 0 Å². The summed E-state index contributed by atoms with van der Waals surface area (Å²) in [5.41, 5.74) is 0. The molecule has 0 radical (unpaired) electrons. The van der Waals surface area contributed by atoms with Crippen molar-refractivity contribution in [3.8, 4) is 0 Å². The SMILES string of the molecule is CCCCC/C=C\C/C=C\CCCCCCCCCC(=O)OC(COC(=O)CCCCCCCCCCCCCCCCC)COC(=O)CCCCCCCCCCCCCCCCCCCCCCCCCCCCCC. The number of carbonyl (C=O) groups excluding carboxylic acids is 3. The van der Waals surface area contributed by atoms with E-state index in [1.54, 1.807) is 0 Å². The summed E-state index contributed by atoms with van der Waals surface area (Å²) in [6.45, 7) is 6.69. The Morgan fingerprint density at radius 2 is 0.462 bits per heavy atom. The van der Waals surface area contributed by atoms with E-state index < -0.39 is 6.10 Å². The lowest BCUT2D eigenvalue weighted by Crippen LogP contribution is -2.30. The minimum Gasteiger partial charge on any atom is -0.462 e. The molecule has 1 atom stereocenters. The van der Waals surface area contributed by atoms with Crippen LogP contribution in [-0.2, 0) is 28.6 Å². The Balaban J connectivity index is 4.19. The normalized spacial score (nSPS) is 12.1. The van der Waals surface area contributed by atoms with E-state index in [9.17, 15) is 14.4 Å². The monoisotopic (exact) mass is 1100 g/mol. The van der Waals surface area contributed by atoms with Gasteiger partial charge in [0.1, 0.15) is 13.2 Å². The molecule has 0 fully saturated rings. The van der Waals surface area contributed by atoms with E-state index >= 15 is 0 Å². The van der Waals surface area contributed by atoms with E-state index in [1.807, 2.05) is 0 Å². The fourth-order valence-corrected chi connectivity index (χ4v) is 10.9. The molecule has 0 aliphatic heterocycles. The topological polar surface area (TPSA) is 78.9 Å². The third-order valence-corrected chi connectivity index (χ3v) is 16.2. The number of unbranched alkanes of at least 4 members (excludes halogenated alkanes) is 51. The maximum atomic E-state index is 12.9. The van der Waals surface area contributed by atoms with Crippen molar-refractivity contribution in [2.45, 2.75) is 406 Å². The van der Waals surface area contributed by atoms with Gasteiger partial charge in [0, 0.05) is 19.3 Å². The van der Waals surface area contributed by atoms with Crippen molar-refractivity contribution in [1.82, 2.24) is 0 Å². The summed E-state index contributed by atoms with van der Waals surface area (Å²) >= 11 is 0. The Morgan fingerprint density at radius 3 is 0.731 bits per heavy atom. The summed E-state index contributed by atoms with van der Waals surface area (Å²) in [4.78, 5) is 38.4. The van der Waals surface area contributed by atoms with E-state index in [0.717, 1.165) is 70.6 Å². The molecule has 0 amide bonds. The lowest BCUT2D eigenvalue weighted by Gasteiger charge is -2.18. The number of ether oxygens (including phenoxy) is 3. The van der Waals surface area contributed by atoms with Gasteiger partial charge in [0.15, 0.2) is 6.10 Å². The second-order valence-corrected chi connectivity index (χ2v) is 24.2. The van der Waals surface area contributed by atoms with Gasteiger partial charge in [-0.05, 0) is 51.4 Å². The van der Waals surface area contributed by atoms with Gasteiger partial charge in [0.2, 0.25) is 0 Å². The van der Waals surface area contributed by atoms with E-state index in [4.69, 9.17) is 14.2 Å². The van der Waals surface area contributed by atoms with E-state index in [0.29, 0.717) is 19.3 Å². The number of hydrogen-bond donors (Lipinski definition) is 0. The average molecular weight is 1100 g/mol. The summed E-state index contributed by atoms with van der Waals surface area (Å²) < 4.78 is 17.0. The van der Waals surface area contributed by atoms with Crippen LogP contribution in [0.4, 0.5) is 0 Å². The fraction of sp³-hybridized carbons (Fsp3) is 0.903. The first-order valence-corrected chi connectivity index (χ1v) is 35.3. The Kier molecular flexibility index (Phi) is 65.6. The van der Waals surface area contributed by atoms with Crippen molar-refractivity contribution in [2.75, 3.05) is 13.2 Å². The predicted molar refractivity (Wildman–Crippen MR) is 340 cm³/mol. The largest absolute Gasteiger partial charge is 0.462 e. The van der Waals surface area contributed by atoms with Gasteiger partial charge in [-0.2, -0.15) is 0 Å². The van der Waals surface area contributed by atoms with Crippen molar-refractivity contribution in [1.29, 1.82) is 0 Å². The fourth-order valence-electron chi connectivity index (χ4n) is 10.9. The quantitative estimate of drug-likeness (QED) is 0.0261. The zero-order valence-electron chi connectivity index (χ0n) is 53.0. The number of carbonyl (C=O) groups is 3. The van der Waals surface area contributed by atoms with Crippen LogP contribution in [0.3, 0.4) is 0 Å². The summed E-state index contributed by atoms with van der Waals surface area (Å²) in [6.07, 6.45) is 82.1. The molecular formula is C72H136O6. The standard InChI is InChI=1S/C72H136O6/c1-4-7-10-13-16-19-22-25-28-30-31-32-33-34-35-36-37-38-39-40-42-44-47-50-53-56-59-62-65-71(74)77-68-69(67-76-70(73)64-61-58-55-52-49-46-43-27-24-21-18-15-12-9-6-3)78-72(75)66-63-60-57-54-51-48-45-41-29-26-23-20-17-14-11-8-5-2/h17,20,26,29,69H,4-16,18-19,21-25,27-28,30-68H2,1-3H3/b20-17-,29-26-. The van der Waals surface area contributed by atoms with Crippen LogP contribution in [-0.4, -0.2) is 37.2 Å². The Hall–Kier alpha value is -2.11. The van der Waals surface area contributed by atoms with Crippen molar-refractivity contribution < 1.29 is 28.6 Å². The second-order valence-electron chi connectivity index (χ2n) is 24.2. The number of rotatable bonds is 66. The number of esters is 3. The van der Waals surface area contributed by atoms with Crippen LogP contribution >= 0.6 is 0 Å². The second kappa shape index (κ2) is 67.4. The molecule has 0 bridgehead atoms. The highest BCUT2D eigenvalue weighted by atomic mass is 16.6. The zero-order chi connectivity index (χ0) is 56.4. The maximum Gasteiger partial charge on any atom is 0.306 e. The number of hydrogen-bond acceptors (Lipinski definition) is 6. The van der Waals surface area contributed by atoms with E-state index in [-0.39, 0.29) is 31.1 Å². The first-order valence-electron chi connectivity index (χ1n) is 35.3. The molecule has 6 nitrogen and oxygen atoms in total. The molecule has 78 heavy (non-hydrogen) atoms.